The molecule has 0 bridgehead atoms. The first-order valence-corrected chi connectivity index (χ1v) is 7.80. The first kappa shape index (κ1) is 13.2. The maximum Gasteiger partial charge on any atom is 0.0357 e. The smallest absolute Gasteiger partial charge is 0.0357 e. The first-order valence-electron chi connectivity index (χ1n) is 7.80. The van der Waals surface area contributed by atoms with Gasteiger partial charge < -0.3 is 5.32 Å². The van der Waals surface area contributed by atoms with Crippen LogP contribution < -0.4 is 5.32 Å². The maximum absolute atomic E-state index is 3.64. The highest BCUT2D eigenvalue weighted by Crippen LogP contribution is 2.62. The molecule has 0 spiro atoms. The Hall–Kier alpha value is -0.820. The zero-order valence-electron chi connectivity index (χ0n) is 13.0. The molecule has 3 unspecified atom stereocenters. The fourth-order valence-electron chi connectivity index (χ4n) is 4.61. The van der Waals surface area contributed by atoms with E-state index in [4.69, 9.17) is 0 Å². The van der Waals surface area contributed by atoms with E-state index in [0.717, 1.165) is 17.8 Å². The van der Waals surface area contributed by atoms with Gasteiger partial charge in [-0.2, -0.15) is 0 Å². The van der Waals surface area contributed by atoms with Crippen LogP contribution in [-0.4, -0.2) is 7.05 Å². The molecule has 1 heteroatoms. The summed E-state index contributed by atoms with van der Waals surface area (Å²) in [5.41, 5.74) is 7.51. The molecule has 0 amide bonds. The highest BCUT2D eigenvalue weighted by atomic mass is 14.9. The van der Waals surface area contributed by atoms with Gasteiger partial charge >= 0.3 is 0 Å². The third kappa shape index (κ3) is 1.94. The van der Waals surface area contributed by atoms with Crippen molar-refractivity contribution in [1.82, 2.24) is 5.32 Å². The van der Waals surface area contributed by atoms with Crippen molar-refractivity contribution in [3.8, 4) is 0 Å². The molecule has 1 aromatic rings. The van der Waals surface area contributed by atoms with E-state index in [2.05, 4.69) is 46.1 Å². The number of aryl methyl sites for hydroxylation is 2. The molecular weight excluding hydrogens is 230 g/mol. The second kappa shape index (κ2) is 4.63. The highest BCUT2D eigenvalue weighted by molar-refractivity contribution is 5.46. The Morgan fingerprint density at radius 3 is 2.00 bits per heavy atom. The van der Waals surface area contributed by atoms with Gasteiger partial charge in [0.2, 0.25) is 0 Å². The molecule has 2 aliphatic rings. The van der Waals surface area contributed by atoms with Gasteiger partial charge in [-0.05, 0) is 93.2 Å². The number of nitrogens with one attached hydrogen (secondary N) is 1. The Kier molecular flexibility index (Phi) is 3.21. The third-order valence-corrected chi connectivity index (χ3v) is 5.90. The zero-order valence-corrected chi connectivity index (χ0v) is 13.0. The van der Waals surface area contributed by atoms with E-state index in [0.29, 0.717) is 6.04 Å². The predicted octanol–water partition coefficient (Wildman–Crippen LogP) is 4.23. The highest BCUT2D eigenvalue weighted by Gasteiger charge is 2.56. The summed E-state index contributed by atoms with van der Waals surface area (Å²) >= 11 is 0. The molecule has 0 radical (unpaired) electrons. The standard InChI is InChI=1S/C18H27N/c1-10-9-11(2)13(4)16(12(10)3)18(19-5)17-14-7-6-8-15(14)17/h9,14-15,17-19H,6-8H2,1-5H3. The van der Waals surface area contributed by atoms with Gasteiger partial charge in [-0.25, -0.2) is 0 Å². The van der Waals surface area contributed by atoms with Crippen LogP contribution in [0.15, 0.2) is 6.07 Å². The molecule has 3 atom stereocenters. The lowest BCUT2D eigenvalue weighted by atomic mass is 9.86. The second-order valence-corrected chi connectivity index (χ2v) is 6.78. The lowest BCUT2D eigenvalue weighted by Crippen LogP contribution is -2.23. The van der Waals surface area contributed by atoms with E-state index >= 15 is 0 Å². The summed E-state index contributed by atoms with van der Waals surface area (Å²) in [7, 11) is 2.15. The fraction of sp³-hybridized carbons (Fsp3) is 0.667. The monoisotopic (exact) mass is 257 g/mol. The van der Waals surface area contributed by atoms with Gasteiger partial charge in [-0.15, -0.1) is 0 Å². The average molecular weight is 257 g/mol. The molecule has 3 rings (SSSR count). The molecule has 0 heterocycles. The minimum atomic E-state index is 0.578. The van der Waals surface area contributed by atoms with E-state index < -0.39 is 0 Å². The van der Waals surface area contributed by atoms with Crippen LogP contribution in [-0.2, 0) is 0 Å². The maximum atomic E-state index is 3.64. The number of benzene rings is 1. The molecule has 2 aliphatic carbocycles. The Labute approximate surface area is 117 Å². The Balaban J connectivity index is 2.00. The molecule has 2 fully saturated rings. The lowest BCUT2D eigenvalue weighted by Gasteiger charge is -2.25. The fourth-order valence-corrected chi connectivity index (χ4v) is 4.61. The van der Waals surface area contributed by atoms with Crippen LogP contribution in [0.25, 0.3) is 0 Å². The zero-order chi connectivity index (χ0) is 13.7. The van der Waals surface area contributed by atoms with Crippen LogP contribution >= 0.6 is 0 Å². The quantitative estimate of drug-likeness (QED) is 0.854. The normalized spacial score (nSPS) is 30.3. The van der Waals surface area contributed by atoms with E-state index in [9.17, 15) is 0 Å². The summed E-state index contributed by atoms with van der Waals surface area (Å²) in [6.07, 6.45) is 4.40. The summed E-state index contributed by atoms with van der Waals surface area (Å²) in [4.78, 5) is 0. The number of rotatable bonds is 3. The molecule has 1 N–H and O–H groups in total. The third-order valence-electron chi connectivity index (χ3n) is 5.90. The second-order valence-electron chi connectivity index (χ2n) is 6.78. The van der Waals surface area contributed by atoms with Crippen LogP contribution in [0.5, 0.6) is 0 Å². The van der Waals surface area contributed by atoms with Crippen molar-refractivity contribution in [3.05, 3.63) is 33.9 Å². The van der Waals surface area contributed by atoms with Gasteiger partial charge in [0.15, 0.2) is 0 Å². The molecular formula is C18H27N. The van der Waals surface area contributed by atoms with Gasteiger partial charge in [0.25, 0.3) is 0 Å². The number of hydrogen-bond donors (Lipinski definition) is 1. The number of hydrogen-bond acceptors (Lipinski definition) is 1. The van der Waals surface area contributed by atoms with Crippen LogP contribution in [0.1, 0.15) is 53.1 Å². The SMILES string of the molecule is CNC(c1c(C)c(C)cc(C)c1C)C1C2CCCC21. The van der Waals surface area contributed by atoms with Crippen molar-refractivity contribution in [3.63, 3.8) is 0 Å². The van der Waals surface area contributed by atoms with E-state index in [-0.39, 0.29) is 0 Å². The van der Waals surface area contributed by atoms with Crippen molar-refractivity contribution in [2.45, 2.75) is 53.0 Å². The van der Waals surface area contributed by atoms with E-state index in [1.165, 1.54) is 41.5 Å². The summed E-state index contributed by atoms with van der Waals surface area (Å²) in [6.45, 7) is 9.12. The largest absolute Gasteiger partial charge is 0.313 e. The van der Waals surface area contributed by atoms with Crippen LogP contribution in [0.2, 0.25) is 0 Å². The molecule has 19 heavy (non-hydrogen) atoms. The first-order chi connectivity index (χ1) is 9.06. The van der Waals surface area contributed by atoms with Crippen molar-refractivity contribution >= 4 is 0 Å². The molecule has 0 saturated heterocycles. The summed E-state index contributed by atoms with van der Waals surface area (Å²) < 4.78 is 0. The topological polar surface area (TPSA) is 12.0 Å². The predicted molar refractivity (Wildman–Crippen MR) is 81.5 cm³/mol. The van der Waals surface area contributed by atoms with Gasteiger partial charge in [-0.1, -0.05) is 12.5 Å². The molecule has 0 aromatic heterocycles. The van der Waals surface area contributed by atoms with Crippen LogP contribution in [0.4, 0.5) is 0 Å². The van der Waals surface area contributed by atoms with Crippen molar-refractivity contribution in [1.29, 1.82) is 0 Å². The summed E-state index contributed by atoms with van der Waals surface area (Å²) in [5, 5.41) is 3.64. The minimum Gasteiger partial charge on any atom is -0.313 e. The van der Waals surface area contributed by atoms with Crippen molar-refractivity contribution in [2.24, 2.45) is 17.8 Å². The van der Waals surface area contributed by atoms with Crippen LogP contribution in [0.3, 0.4) is 0 Å². The summed E-state index contributed by atoms with van der Waals surface area (Å²) in [6, 6.07) is 2.92. The Morgan fingerprint density at radius 2 is 1.53 bits per heavy atom. The van der Waals surface area contributed by atoms with Gasteiger partial charge in [0, 0.05) is 6.04 Å². The minimum absolute atomic E-state index is 0.578. The molecule has 0 aliphatic heterocycles. The number of fused-ring (bicyclic) bond motifs is 1. The van der Waals surface area contributed by atoms with Crippen molar-refractivity contribution < 1.29 is 0 Å². The van der Waals surface area contributed by atoms with Gasteiger partial charge in [0.1, 0.15) is 0 Å². The van der Waals surface area contributed by atoms with E-state index in [1.807, 2.05) is 0 Å². The summed E-state index contributed by atoms with van der Waals surface area (Å²) in [5.74, 6) is 2.92. The van der Waals surface area contributed by atoms with Crippen molar-refractivity contribution in [2.75, 3.05) is 7.05 Å². The Morgan fingerprint density at radius 1 is 1.00 bits per heavy atom. The Bertz CT molecular complexity index is 467. The van der Waals surface area contributed by atoms with Gasteiger partial charge in [0.05, 0.1) is 0 Å². The lowest BCUT2D eigenvalue weighted by molar-refractivity contribution is 0.441. The van der Waals surface area contributed by atoms with E-state index in [1.54, 1.807) is 5.56 Å². The molecule has 1 nitrogen and oxygen atoms in total. The molecule has 2 saturated carbocycles. The van der Waals surface area contributed by atoms with Gasteiger partial charge in [-0.3, -0.25) is 0 Å². The average Bonchev–Trinajstić information content (AvgIpc) is 2.84. The van der Waals surface area contributed by atoms with Crippen LogP contribution in [0, 0.1) is 45.4 Å². The molecule has 104 valence electrons. The molecule has 1 aromatic carbocycles.